The lowest BCUT2D eigenvalue weighted by Gasteiger charge is -2.25. The highest BCUT2D eigenvalue weighted by Crippen LogP contribution is 2.35. The third-order valence-electron chi connectivity index (χ3n) is 4.84. The molecule has 1 amide bonds. The van der Waals surface area contributed by atoms with Crippen molar-refractivity contribution >= 4 is 16.8 Å². The van der Waals surface area contributed by atoms with Crippen molar-refractivity contribution in [3.8, 4) is 5.75 Å². The van der Waals surface area contributed by atoms with E-state index in [-0.39, 0.29) is 11.9 Å². The van der Waals surface area contributed by atoms with Crippen molar-refractivity contribution in [2.75, 3.05) is 13.7 Å². The van der Waals surface area contributed by atoms with Crippen molar-refractivity contribution in [1.82, 2.24) is 9.88 Å². The maximum absolute atomic E-state index is 13.2. The van der Waals surface area contributed by atoms with Crippen molar-refractivity contribution < 1.29 is 14.6 Å². The molecule has 1 fully saturated rings. The maximum atomic E-state index is 13.2. The molecule has 3 aromatic rings. The van der Waals surface area contributed by atoms with E-state index >= 15 is 0 Å². The van der Waals surface area contributed by atoms with Crippen LogP contribution < -0.4 is 4.74 Å². The highest BCUT2D eigenvalue weighted by Gasteiger charge is 2.36. The van der Waals surface area contributed by atoms with Gasteiger partial charge in [0, 0.05) is 29.2 Å². The highest BCUT2D eigenvalue weighted by atomic mass is 16.5. The average Bonchev–Trinajstić information content (AvgIpc) is 3.27. The first kappa shape index (κ1) is 15.7. The largest absolute Gasteiger partial charge is 0.497 e. The molecule has 2 heterocycles. The van der Waals surface area contributed by atoms with Crippen molar-refractivity contribution in [2.24, 2.45) is 0 Å². The number of hydrogen-bond donors (Lipinski definition) is 2. The number of fused-ring (bicyclic) bond motifs is 1. The molecule has 128 valence electrons. The van der Waals surface area contributed by atoms with Gasteiger partial charge in [-0.25, -0.2) is 0 Å². The van der Waals surface area contributed by atoms with Crippen molar-refractivity contribution in [1.29, 1.82) is 0 Å². The predicted octanol–water partition coefficient (Wildman–Crippen LogP) is 3.12. The molecule has 25 heavy (non-hydrogen) atoms. The molecule has 5 nitrogen and oxygen atoms in total. The molecule has 1 saturated heterocycles. The Hall–Kier alpha value is -2.79. The smallest absolute Gasteiger partial charge is 0.255 e. The number of aliphatic hydroxyl groups is 1. The topological polar surface area (TPSA) is 65.6 Å². The molecule has 1 aliphatic rings. The Labute approximate surface area is 145 Å². The van der Waals surface area contributed by atoms with Gasteiger partial charge < -0.3 is 19.7 Å². The van der Waals surface area contributed by atoms with Crippen LogP contribution in [-0.4, -0.2) is 40.7 Å². The SMILES string of the molecule is COc1cccc([C@H]2C[C@H](O)CN2C(=O)c2cccc3[nH]ccc23)c1. The molecule has 5 heteroatoms. The number of methoxy groups -OCH3 is 1. The third kappa shape index (κ3) is 2.76. The Morgan fingerprint density at radius 3 is 2.92 bits per heavy atom. The van der Waals surface area contributed by atoms with Crippen LogP contribution in [0, 0.1) is 0 Å². The van der Waals surface area contributed by atoms with Crippen LogP contribution in [0.15, 0.2) is 54.7 Å². The number of H-pyrrole nitrogens is 1. The second-order valence-electron chi connectivity index (χ2n) is 6.38. The zero-order chi connectivity index (χ0) is 17.4. The third-order valence-corrected chi connectivity index (χ3v) is 4.84. The standard InChI is InChI=1S/C20H20N2O3/c1-25-15-5-2-4-13(10-15)19-11-14(23)12-22(19)20(24)17-6-3-7-18-16(17)8-9-21-18/h2-10,14,19,21,23H,11-12H2,1H3/t14-,19+/m0/s1. The Bertz CT molecular complexity index is 918. The first-order chi connectivity index (χ1) is 12.2. The fourth-order valence-corrected chi connectivity index (χ4v) is 3.63. The summed E-state index contributed by atoms with van der Waals surface area (Å²) in [6.07, 6.45) is 1.84. The Balaban J connectivity index is 1.72. The summed E-state index contributed by atoms with van der Waals surface area (Å²) in [6.45, 7) is 0.335. The van der Waals surface area contributed by atoms with E-state index in [9.17, 15) is 9.90 Å². The van der Waals surface area contributed by atoms with E-state index in [1.54, 1.807) is 12.0 Å². The fraction of sp³-hybridized carbons (Fsp3) is 0.250. The van der Waals surface area contributed by atoms with E-state index in [1.165, 1.54) is 0 Å². The maximum Gasteiger partial charge on any atom is 0.255 e. The predicted molar refractivity (Wildman–Crippen MR) is 95.7 cm³/mol. The number of carbonyl (C=O) groups excluding carboxylic acids is 1. The highest BCUT2D eigenvalue weighted by molar-refractivity contribution is 6.06. The normalized spacial score (nSPS) is 20.2. The number of ether oxygens (including phenoxy) is 1. The molecule has 2 aromatic carbocycles. The Morgan fingerprint density at radius 1 is 1.24 bits per heavy atom. The second-order valence-corrected chi connectivity index (χ2v) is 6.38. The van der Waals surface area contributed by atoms with Crippen LogP contribution >= 0.6 is 0 Å². The molecular weight excluding hydrogens is 316 g/mol. The van der Waals surface area contributed by atoms with Gasteiger partial charge in [-0.2, -0.15) is 0 Å². The lowest BCUT2D eigenvalue weighted by molar-refractivity contribution is 0.0717. The molecule has 1 aromatic heterocycles. The average molecular weight is 336 g/mol. The van der Waals surface area contributed by atoms with E-state index in [0.29, 0.717) is 18.5 Å². The van der Waals surface area contributed by atoms with Gasteiger partial charge in [0.15, 0.2) is 0 Å². The van der Waals surface area contributed by atoms with Gasteiger partial charge in [0.2, 0.25) is 0 Å². The lowest BCUT2D eigenvalue weighted by Crippen LogP contribution is -2.31. The van der Waals surface area contributed by atoms with Gasteiger partial charge in [-0.15, -0.1) is 0 Å². The fourth-order valence-electron chi connectivity index (χ4n) is 3.63. The number of carbonyl (C=O) groups is 1. The minimum Gasteiger partial charge on any atom is -0.497 e. The summed E-state index contributed by atoms with van der Waals surface area (Å²) in [5.74, 6) is 0.689. The Morgan fingerprint density at radius 2 is 2.08 bits per heavy atom. The van der Waals surface area contributed by atoms with E-state index in [0.717, 1.165) is 22.2 Å². The van der Waals surface area contributed by atoms with Crippen LogP contribution in [-0.2, 0) is 0 Å². The van der Waals surface area contributed by atoms with Crippen molar-refractivity contribution in [3.05, 3.63) is 65.9 Å². The minimum absolute atomic E-state index is 0.0606. The number of aromatic amines is 1. The van der Waals surface area contributed by atoms with E-state index in [1.807, 2.05) is 54.7 Å². The van der Waals surface area contributed by atoms with Crippen LogP contribution in [0.2, 0.25) is 0 Å². The van der Waals surface area contributed by atoms with E-state index in [2.05, 4.69) is 4.98 Å². The van der Waals surface area contributed by atoms with Gasteiger partial charge in [-0.3, -0.25) is 4.79 Å². The lowest BCUT2D eigenvalue weighted by atomic mass is 10.0. The summed E-state index contributed by atoms with van der Waals surface area (Å²) in [6, 6.07) is 15.1. The number of rotatable bonds is 3. The number of β-amino-alcohol motifs (C(OH)–C–C–N with tert-alkyl or cyclic N) is 1. The van der Waals surface area contributed by atoms with Crippen molar-refractivity contribution in [3.63, 3.8) is 0 Å². The number of hydrogen-bond acceptors (Lipinski definition) is 3. The molecule has 0 spiro atoms. The molecule has 0 radical (unpaired) electrons. The molecule has 2 N–H and O–H groups in total. The van der Waals surface area contributed by atoms with Gasteiger partial charge in [-0.1, -0.05) is 18.2 Å². The first-order valence-electron chi connectivity index (χ1n) is 8.36. The van der Waals surface area contributed by atoms with Gasteiger partial charge in [0.1, 0.15) is 5.75 Å². The number of benzene rings is 2. The number of likely N-dealkylation sites (tertiary alicyclic amines) is 1. The zero-order valence-electron chi connectivity index (χ0n) is 14.0. The molecule has 0 unspecified atom stereocenters. The van der Waals surface area contributed by atoms with Crippen LogP contribution in [0.4, 0.5) is 0 Å². The van der Waals surface area contributed by atoms with Gasteiger partial charge in [0.05, 0.1) is 19.3 Å². The van der Waals surface area contributed by atoms with Crippen molar-refractivity contribution in [2.45, 2.75) is 18.6 Å². The number of aromatic nitrogens is 1. The van der Waals surface area contributed by atoms with Gasteiger partial charge >= 0.3 is 0 Å². The van der Waals surface area contributed by atoms with Crippen LogP contribution in [0.25, 0.3) is 10.9 Å². The number of nitrogens with zero attached hydrogens (tertiary/aromatic N) is 1. The van der Waals surface area contributed by atoms with Crippen LogP contribution in [0.3, 0.4) is 0 Å². The molecule has 0 aliphatic carbocycles. The zero-order valence-corrected chi connectivity index (χ0v) is 14.0. The summed E-state index contributed by atoms with van der Waals surface area (Å²) in [5, 5.41) is 11.1. The number of nitrogens with one attached hydrogen (secondary N) is 1. The summed E-state index contributed by atoms with van der Waals surface area (Å²) >= 11 is 0. The van der Waals surface area contributed by atoms with Gasteiger partial charge in [0.25, 0.3) is 5.91 Å². The summed E-state index contributed by atoms with van der Waals surface area (Å²) in [7, 11) is 1.62. The van der Waals surface area contributed by atoms with Crippen LogP contribution in [0.1, 0.15) is 28.4 Å². The minimum atomic E-state index is -0.523. The molecular formula is C20H20N2O3. The van der Waals surface area contributed by atoms with Gasteiger partial charge in [-0.05, 0) is 42.3 Å². The number of aliphatic hydroxyl groups excluding tert-OH is 1. The van der Waals surface area contributed by atoms with E-state index in [4.69, 9.17) is 4.74 Å². The quantitative estimate of drug-likeness (QED) is 0.772. The Kier molecular flexibility index (Phi) is 3.93. The monoisotopic (exact) mass is 336 g/mol. The van der Waals surface area contributed by atoms with Crippen LogP contribution in [0.5, 0.6) is 5.75 Å². The second kappa shape index (κ2) is 6.26. The summed E-state index contributed by atoms with van der Waals surface area (Å²) < 4.78 is 5.30. The molecule has 4 rings (SSSR count). The first-order valence-corrected chi connectivity index (χ1v) is 8.36. The summed E-state index contributed by atoms with van der Waals surface area (Å²) in [5.41, 5.74) is 2.56. The van der Waals surface area contributed by atoms with E-state index < -0.39 is 6.10 Å². The molecule has 1 aliphatic heterocycles. The molecule has 0 saturated carbocycles. The number of amides is 1. The molecule has 2 atom stereocenters. The molecule has 0 bridgehead atoms. The summed E-state index contributed by atoms with van der Waals surface area (Å²) in [4.78, 5) is 18.1.